The highest BCUT2D eigenvalue weighted by Gasteiger charge is 2.30. The molecule has 0 saturated carbocycles. The minimum absolute atomic E-state index is 0.0195. The number of esters is 1. The van der Waals surface area contributed by atoms with Crippen LogP contribution in [0.15, 0.2) is 60.7 Å². The third kappa shape index (κ3) is 6.19. The molecule has 3 rings (SSSR count). The van der Waals surface area contributed by atoms with Gasteiger partial charge in [-0.2, -0.15) is 0 Å². The number of rotatable bonds is 8. The molecule has 2 aromatic rings. The second kappa shape index (κ2) is 11.5. The van der Waals surface area contributed by atoms with Gasteiger partial charge in [0.2, 0.25) is 5.91 Å². The molecule has 2 atom stereocenters. The van der Waals surface area contributed by atoms with E-state index < -0.39 is 0 Å². The lowest BCUT2D eigenvalue weighted by Crippen LogP contribution is -2.43. The smallest absolute Gasteiger partial charge is 0.314 e. The molecule has 0 radical (unpaired) electrons. The van der Waals surface area contributed by atoms with Gasteiger partial charge in [0.25, 0.3) is 5.91 Å². The van der Waals surface area contributed by atoms with Crippen molar-refractivity contribution in [3.63, 3.8) is 0 Å². The summed E-state index contributed by atoms with van der Waals surface area (Å²) in [5, 5.41) is 2.93. The number of para-hydroxylation sites is 1. The van der Waals surface area contributed by atoms with Crippen LogP contribution in [0.5, 0.6) is 0 Å². The van der Waals surface area contributed by atoms with E-state index in [9.17, 15) is 14.4 Å². The summed E-state index contributed by atoms with van der Waals surface area (Å²) in [6.45, 7) is 4.76. The van der Waals surface area contributed by atoms with Crippen molar-refractivity contribution in [2.75, 3.05) is 25.0 Å². The van der Waals surface area contributed by atoms with Crippen molar-refractivity contribution in [1.29, 1.82) is 0 Å². The summed E-state index contributed by atoms with van der Waals surface area (Å²) < 4.78 is 5.44. The quantitative estimate of drug-likeness (QED) is 0.628. The van der Waals surface area contributed by atoms with Crippen LogP contribution in [0, 0.1) is 11.8 Å². The van der Waals surface area contributed by atoms with Crippen LogP contribution in [-0.4, -0.2) is 42.4 Å². The summed E-state index contributed by atoms with van der Waals surface area (Å²) in [4.78, 5) is 39.6. The third-order valence-corrected chi connectivity index (χ3v) is 6.22. The highest BCUT2D eigenvalue weighted by atomic mass is 16.5. The van der Waals surface area contributed by atoms with Gasteiger partial charge in [-0.25, -0.2) is 0 Å². The van der Waals surface area contributed by atoms with Crippen LogP contribution in [0.25, 0.3) is 0 Å². The van der Waals surface area contributed by atoms with Gasteiger partial charge in [0.05, 0.1) is 5.92 Å². The van der Waals surface area contributed by atoms with E-state index in [4.69, 9.17) is 4.74 Å². The summed E-state index contributed by atoms with van der Waals surface area (Å²) in [6, 6.07) is 18.9. The fourth-order valence-corrected chi connectivity index (χ4v) is 4.06. The van der Waals surface area contributed by atoms with Gasteiger partial charge in [-0.1, -0.05) is 68.8 Å². The Bertz CT molecular complexity index is 893. The molecule has 1 fully saturated rings. The molecule has 32 heavy (non-hydrogen) atoms. The lowest BCUT2D eigenvalue weighted by Gasteiger charge is -2.31. The van der Waals surface area contributed by atoms with Crippen molar-refractivity contribution < 1.29 is 19.1 Å². The van der Waals surface area contributed by atoms with Gasteiger partial charge in [-0.3, -0.25) is 14.4 Å². The Balaban J connectivity index is 1.48. The molecule has 6 heteroatoms. The normalized spacial score (nSPS) is 16.1. The minimum Gasteiger partial charge on any atom is -0.455 e. The van der Waals surface area contributed by atoms with Gasteiger partial charge in [-0.15, -0.1) is 0 Å². The second-order valence-electron chi connectivity index (χ2n) is 8.39. The van der Waals surface area contributed by atoms with E-state index in [2.05, 4.69) is 5.32 Å². The third-order valence-electron chi connectivity index (χ3n) is 6.22. The first-order valence-electron chi connectivity index (χ1n) is 11.3. The summed E-state index contributed by atoms with van der Waals surface area (Å²) in [5.41, 5.74) is 1.68. The summed E-state index contributed by atoms with van der Waals surface area (Å²) in [5.74, 6) is -1.00. The molecule has 1 saturated heterocycles. The molecule has 6 nitrogen and oxygen atoms in total. The predicted molar refractivity (Wildman–Crippen MR) is 124 cm³/mol. The van der Waals surface area contributed by atoms with Crippen LogP contribution in [-0.2, 0) is 19.1 Å². The summed E-state index contributed by atoms with van der Waals surface area (Å²) in [7, 11) is 0. The Kier molecular flexibility index (Phi) is 8.42. The zero-order chi connectivity index (χ0) is 22.9. The molecule has 1 aliphatic rings. The van der Waals surface area contributed by atoms with E-state index in [0.29, 0.717) is 25.9 Å². The molecule has 0 aromatic heterocycles. The Morgan fingerprint density at radius 1 is 1.00 bits per heavy atom. The molecule has 2 aromatic carbocycles. The Morgan fingerprint density at radius 3 is 2.19 bits per heavy atom. The maximum Gasteiger partial charge on any atom is 0.314 e. The number of carbonyl (C=O) groups excluding carboxylic acids is 3. The number of ether oxygens (including phenoxy) is 1. The van der Waals surface area contributed by atoms with Crippen LogP contribution in [0.2, 0.25) is 0 Å². The lowest BCUT2D eigenvalue weighted by atomic mass is 9.86. The van der Waals surface area contributed by atoms with Crippen molar-refractivity contribution in [1.82, 2.24) is 4.90 Å². The molecule has 1 heterocycles. The van der Waals surface area contributed by atoms with Crippen LogP contribution in [0.1, 0.15) is 44.6 Å². The van der Waals surface area contributed by atoms with E-state index in [1.165, 1.54) is 0 Å². The first-order valence-corrected chi connectivity index (χ1v) is 11.3. The first-order chi connectivity index (χ1) is 15.5. The number of carbonyl (C=O) groups is 3. The standard InChI is InChI=1S/C26H32N2O4/c1-3-19(2)24(20-10-6-4-7-11-20)26(31)32-18-23(29)28-16-14-21(15-17-28)25(30)27-22-12-8-5-9-13-22/h4-13,19,21,24H,3,14-18H2,1-2H3,(H,27,30)/t19-,24-/m1/s1. The number of likely N-dealkylation sites (tertiary alicyclic amines) is 1. The lowest BCUT2D eigenvalue weighted by molar-refractivity contribution is -0.155. The molecule has 2 amide bonds. The largest absolute Gasteiger partial charge is 0.455 e. The number of benzene rings is 2. The zero-order valence-electron chi connectivity index (χ0n) is 18.8. The predicted octanol–water partition coefficient (Wildman–Crippen LogP) is 4.24. The fraction of sp³-hybridized carbons (Fsp3) is 0.423. The van der Waals surface area contributed by atoms with Crippen molar-refractivity contribution in [2.24, 2.45) is 11.8 Å². The topological polar surface area (TPSA) is 75.7 Å². The molecular weight excluding hydrogens is 404 g/mol. The Hall–Kier alpha value is -3.15. The monoisotopic (exact) mass is 436 g/mol. The first kappa shape index (κ1) is 23.5. The number of nitrogens with zero attached hydrogens (tertiary/aromatic N) is 1. The molecule has 170 valence electrons. The van der Waals surface area contributed by atoms with Gasteiger partial charge in [0, 0.05) is 24.7 Å². The summed E-state index contributed by atoms with van der Waals surface area (Å²) >= 11 is 0. The molecule has 0 aliphatic carbocycles. The highest BCUT2D eigenvalue weighted by molar-refractivity contribution is 5.92. The van der Waals surface area contributed by atoms with Crippen LogP contribution in [0.4, 0.5) is 5.69 Å². The van der Waals surface area contributed by atoms with Crippen molar-refractivity contribution in [3.8, 4) is 0 Å². The van der Waals surface area contributed by atoms with Gasteiger partial charge in [-0.05, 0) is 36.5 Å². The molecule has 0 spiro atoms. The maximum absolute atomic E-state index is 12.8. The maximum atomic E-state index is 12.8. The Labute approximate surface area is 189 Å². The van der Waals surface area contributed by atoms with Crippen LogP contribution < -0.4 is 5.32 Å². The fourth-order valence-electron chi connectivity index (χ4n) is 4.06. The zero-order valence-corrected chi connectivity index (χ0v) is 18.8. The van der Waals surface area contributed by atoms with Crippen molar-refractivity contribution in [2.45, 2.75) is 39.0 Å². The average Bonchev–Trinajstić information content (AvgIpc) is 2.84. The van der Waals surface area contributed by atoms with Crippen molar-refractivity contribution in [3.05, 3.63) is 66.2 Å². The highest BCUT2D eigenvalue weighted by Crippen LogP contribution is 2.28. The van der Waals surface area contributed by atoms with Gasteiger partial charge in [0.15, 0.2) is 6.61 Å². The number of hydrogen-bond acceptors (Lipinski definition) is 4. The second-order valence-corrected chi connectivity index (χ2v) is 8.39. The van der Waals surface area contributed by atoms with E-state index in [1.807, 2.05) is 74.5 Å². The van der Waals surface area contributed by atoms with E-state index >= 15 is 0 Å². The van der Waals surface area contributed by atoms with Crippen molar-refractivity contribution >= 4 is 23.5 Å². The molecule has 1 aliphatic heterocycles. The van der Waals surface area contributed by atoms with E-state index in [0.717, 1.165) is 17.7 Å². The van der Waals surface area contributed by atoms with Crippen LogP contribution in [0.3, 0.4) is 0 Å². The molecule has 0 unspecified atom stereocenters. The minimum atomic E-state index is -0.388. The number of hydrogen-bond donors (Lipinski definition) is 1. The number of piperidine rings is 1. The summed E-state index contributed by atoms with van der Waals surface area (Å²) in [6.07, 6.45) is 2.02. The SMILES string of the molecule is CC[C@@H](C)[C@@H](C(=O)OCC(=O)N1CCC(C(=O)Nc2ccccc2)CC1)c1ccccc1. The van der Waals surface area contributed by atoms with Gasteiger partial charge >= 0.3 is 5.97 Å². The van der Waals surface area contributed by atoms with Gasteiger partial charge < -0.3 is 15.0 Å². The van der Waals surface area contributed by atoms with E-state index in [-0.39, 0.29) is 42.1 Å². The number of anilines is 1. The molecular formula is C26H32N2O4. The average molecular weight is 437 g/mol. The van der Waals surface area contributed by atoms with Gasteiger partial charge in [0.1, 0.15) is 0 Å². The van der Waals surface area contributed by atoms with Crippen LogP contribution >= 0.6 is 0 Å². The Morgan fingerprint density at radius 2 is 1.59 bits per heavy atom. The number of nitrogens with one attached hydrogen (secondary N) is 1. The van der Waals surface area contributed by atoms with E-state index in [1.54, 1.807) is 4.90 Å². The molecule has 1 N–H and O–H groups in total. The number of amides is 2. The molecule has 0 bridgehead atoms.